The van der Waals surface area contributed by atoms with Crippen molar-refractivity contribution >= 4 is 11.3 Å². The topological polar surface area (TPSA) is 43.7 Å². The fraction of sp³-hybridized carbons (Fsp3) is 0.600. The Kier molecular flexibility index (Phi) is 5.87. The van der Waals surface area contributed by atoms with Gasteiger partial charge < -0.3 is 10.2 Å². The smallest absolute Gasteiger partial charge is 0.104 e. The minimum absolute atomic E-state index is 0.0989. The monoisotopic (exact) mass is 279 g/mol. The average molecular weight is 279 g/mol. The van der Waals surface area contributed by atoms with Gasteiger partial charge >= 0.3 is 0 Å². The Morgan fingerprint density at radius 2 is 2.11 bits per heavy atom. The second-order valence-electron chi connectivity index (χ2n) is 4.85. The lowest BCUT2D eigenvalue weighted by atomic mass is 10.2. The standard InChI is InChI=1S/C15H21NO2S/c17-9-3-4-13-7-11-19-15(13)12-16(8-10-18)14-5-1-2-6-14/h7,11,14,17-18H,1-2,5-6,8-10,12H2. The summed E-state index contributed by atoms with van der Waals surface area (Å²) in [5.41, 5.74) is 1.01. The fourth-order valence-corrected chi connectivity index (χ4v) is 3.54. The van der Waals surface area contributed by atoms with Crippen molar-refractivity contribution in [1.82, 2.24) is 4.90 Å². The van der Waals surface area contributed by atoms with Gasteiger partial charge in [0.05, 0.1) is 6.61 Å². The summed E-state index contributed by atoms with van der Waals surface area (Å²) in [6.07, 6.45) is 5.08. The molecule has 1 aromatic heterocycles. The minimum atomic E-state index is -0.0989. The largest absolute Gasteiger partial charge is 0.395 e. The van der Waals surface area contributed by atoms with Crippen molar-refractivity contribution in [1.29, 1.82) is 0 Å². The van der Waals surface area contributed by atoms with Crippen LogP contribution < -0.4 is 0 Å². The van der Waals surface area contributed by atoms with E-state index in [1.807, 2.05) is 11.4 Å². The maximum atomic E-state index is 9.24. The van der Waals surface area contributed by atoms with Gasteiger partial charge in [0.1, 0.15) is 6.61 Å². The van der Waals surface area contributed by atoms with E-state index < -0.39 is 0 Å². The predicted molar refractivity (Wildman–Crippen MR) is 78.0 cm³/mol. The molecule has 0 aliphatic heterocycles. The van der Waals surface area contributed by atoms with Crippen molar-refractivity contribution in [2.45, 2.75) is 38.3 Å². The van der Waals surface area contributed by atoms with Crippen LogP contribution in [0, 0.1) is 11.8 Å². The molecule has 0 atom stereocenters. The van der Waals surface area contributed by atoms with Gasteiger partial charge in [0.15, 0.2) is 0 Å². The lowest BCUT2D eigenvalue weighted by Gasteiger charge is -2.27. The Morgan fingerprint density at radius 3 is 2.79 bits per heavy atom. The molecule has 4 heteroatoms. The first kappa shape index (κ1) is 14.5. The highest BCUT2D eigenvalue weighted by Gasteiger charge is 2.23. The van der Waals surface area contributed by atoms with Gasteiger partial charge in [-0.25, -0.2) is 0 Å². The number of nitrogens with zero attached hydrogens (tertiary/aromatic N) is 1. The van der Waals surface area contributed by atoms with E-state index in [2.05, 4.69) is 16.7 Å². The number of hydrogen-bond acceptors (Lipinski definition) is 4. The van der Waals surface area contributed by atoms with Crippen molar-refractivity contribution in [2.24, 2.45) is 0 Å². The molecule has 0 amide bonds. The molecule has 3 nitrogen and oxygen atoms in total. The SMILES string of the molecule is OCC#Cc1ccsc1CN(CCO)C1CCCC1. The molecule has 0 unspecified atom stereocenters. The second-order valence-corrected chi connectivity index (χ2v) is 5.85. The Labute approximate surface area is 118 Å². The minimum Gasteiger partial charge on any atom is -0.395 e. The highest BCUT2D eigenvalue weighted by molar-refractivity contribution is 7.10. The van der Waals surface area contributed by atoms with Crippen molar-refractivity contribution < 1.29 is 10.2 Å². The van der Waals surface area contributed by atoms with Crippen LogP contribution in [0.15, 0.2) is 11.4 Å². The van der Waals surface area contributed by atoms with Crippen LogP contribution in [0.25, 0.3) is 0 Å². The number of thiophene rings is 1. The van der Waals surface area contributed by atoms with E-state index in [-0.39, 0.29) is 13.2 Å². The van der Waals surface area contributed by atoms with Crippen molar-refractivity contribution in [2.75, 3.05) is 19.8 Å². The van der Waals surface area contributed by atoms with Gasteiger partial charge in [-0.05, 0) is 24.3 Å². The maximum absolute atomic E-state index is 9.24. The molecule has 0 spiro atoms. The van der Waals surface area contributed by atoms with Gasteiger partial charge in [-0.3, -0.25) is 4.90 Å². The molecule has 0 saturated heterocycles. The number of rotatable bonds is 5. The van der Waals surface area contributed by atoms with Gasteiger partial charge in [-0.2, -0.15) is 0 Å². The summed E-state index contributed by atoms with van der Waals surface area (Å²) in [6.45, 7) is 1.70. The molecule has 1 aliphatic rings. The molecule has 1 fully saturated rings. The molecule has 104 valence electrons. The summed E-state index contributed by atoms with van der Waals surface area (Å²) < 4.78 is 0. The molecule has 1 aliphatic carbocycles. The molecular formula is C15H21NO2S. The van der Waals surface area contributed by atoms with Gasteiger partial charge in [0.2, 0.25) is 0 Å². The zero-order valence-electron chi connectivity index (χ0n) is 11.1. The summed E-state index contributed by atoms with van der Waals surface area (Å²) in [4.78, 5) is 3.62. The second kappa shape index (κ2) is 7.66. The van der Waals surface area contributed by atoms with Crippen LogP contribution in [0.4, 0.5) is 0 Å². The van der Waals surface area contributed by atoms with Crippen LogP contribution in [-0.4, -0.2) is 40.9 Å². The third kappa shape index (κ3) is 4.05. The normalized spacial score (nSPS) is 15.7. The van der Waals surface area contributed by atoms with Crippen LogP contribution in [0.5, 0.6) is 0 Å². The highest BCUT2D eigenvalue weighted by atomic mass is 32.1. The summed E-state index contributed by atoms with van der Waals surface area (Å²) in [5.74, 6) is 5.71. The lowest BCUT2D eigenvalue weighted by Crippen LogP contribution is -2.35. The van der Waals surface area contributed by atoms with Gasteiger partial charge in [-0.1, -0.05) is 24.7 Å². The first-order valence-electron chi connectivity index (χ1n) is 6.86. The Bertz CT molecular complexity index is 440. The van der Waals surface area contributed by atoms with E-state index >= 15 is 0 Å². The predicted octanol–water partition coefficient (Wildman–Crippen LogP) is 1.83. The molecular weight excluding hydrogens is 258 g/mol. The molecule has 0 radical (unpaired) electrons. The highest BCUT2D eigenvalue weighted by Crippen LogP contribution is 2.26. The van der Waals surface area contributed by atoms with E-state index in [0.717, 1.165) is 18.7 Å². The molecule has 0 aromatic carbocycles. The van der Waals surface area contributed by atoms with Crippen LogP contribution in [-0.2, 0) is 6.54 Å². The quantitative estimate of drug-likeness (QED) is 0.808. The summed E-state index contributed by atoms with van der Waals surface area (Å²) >= 11 is 1.71. The van der Waals surface area contributed by atoms with Crippen LogP contribution in [0.3, 0.4) is 0 Å². The zero-order valence-corrected chi connectivity index (χ0v) is 12.0. The van der Waals surface area contributed by atoms with E-state index in [9.17, 15) is 5.11 Å². The maximum Gasteiger partial charge on any atom is 0.104 e. The molecule has 1 saturated carbocycles. The van der Waals surface area contributed by atoms with Crippen LogP contribution in [0.2, 0.25) is 0 Å². The molecule has 2 rings (SSSR count). The fourth-order valence-electron chi connectivity index (χ4n) is 2.68. The summed E-state index contributed by atoms with van der Waals surface area (Å²) in [7, 11) is 0. The van der Waals surface area contributed by atoms with Crippen LogP contribution in [0.1, 0.15) is 36.1 Å². The van der Waals surface area contributed by atoms with Gasteiger partial charge in [0.25, 0.3) is 0 Å². The summed E-state index contributed by atoms with van der Waals surface area (Å²) in [5, 5.41) is 20.1. The molecule has 2 N–H and O–H groups in total. The van der Waals surface area contributed by atoms with E-state index in [0.29, 0.717) is 6.04 Å². The number of aliphatic hydroxyl groups is 2. The first-order valence-corrected chi connectivity index (χ1v) is 7.74. The van der Waals surface area contributed by atoms with E-state index in [4.69, 9.17) is 5.11 Å². The number of aliphatic hydroxyl groups excluding tert-OH is 2. The van der Waals surface area contributed by atoms with E-state index in [1.54, 1.807) is 11.3 Å². The molecule has 19 heavy (non-hydrogen) atoms. The Balaban J connectivity index is 2.05. The summed E-state index contributed by atoms with van der Waals surface area (Å²) in [6, 6.07) is 2.61. The Hall–Kier alpha value is -0.860. The molecule has 0 bridgehead atoms. The van der Waals surface area contributed by atoms with Gasteiger partial charge in [0, 0.05) is 29.6 Å². The van der Waals surface area contributed by atoms with E-state index in [1.165, 1.54) is 30.6 Å². The van der Waals surface area contributed by atoms with Crippen LogP contribution >= 0.6 is 11.3 Å². The number of hydrogen-bond donors (Lipinski definition) is 2. The third-order valence-corrected chi connectivity index (χ3v) is 4.53. The average Bonchev–Trinajstić information content (AvgIpc) is 3.07. The van der Waals surface area contributed by atoms with Gasteiger partial charge in [-0.15, -0.1) is 11.3 Å². The first-order chi connectivity index (χ1) is 9.35. The van der Waals surface area contributed by atoms with Crippen molar-refractivity contribution in [3.05, 3.63) is 21.9 Å². The Morgan fingerprint density at radius 1 is 1.32 bits per heavy atom. The lowest BCUT2D eigenvalue weighted by molar-refractivity contribution is 0.146. The molecule has 1 aromatic rings. The molecule has 1 heterocycles. The van der Waals surface area contributed by atoms with Crippen molar-refractivity contribution in [3.63, 3.8) is 0 Å². The van der Waals surface area contributed by atoms with Crippen molar-refractivity contribution in [3.8, 4) is 11.8 Å². The third-order valence-electron chi connectivity index (χ3n) is 3.62. The zero-order chi connectivity index (χ0) is 13.5.